The minimum absolute atomic E-state index is 0.262. The van der Waals surface area contributed by atoms with Crippen molar-refractivity contribution in [3.63, 3.8) is 0 Å². The van der Waals surface area contributed by atoms with Crippen LogP contribution in [0.5, 0.6) is 0 Å². The molecule has 1 aliphatic heterocycles. The molecule has 0 aliphatic carbocycles. The predicted molar refractivity (Wildman–Crippen MR) is 71.5 cm³/mol. The summed E-state index contributed by atoms with van der Waals surface area (Å²) in [5, 5.41) is 9.48. The molecular weight excluding hydrogens is 248 g/mol. The van der Waals surface area contributed by atoms with Crippen LogP contribution in [0.3, 0.4) is 0 Å². The minimum Gasteiger partial charge on any atom is -0.376 e. The third kappa shape index (κ3) is 3.02. The molecular formula is C14H17ClN2O. The SMILES string of the molecule is CC1CN(Cc2ccc(C#N)cc2Cl)C(C)CO1. The van der Waals surface area contributed by atoms with E-state index in [9.17, 15) is 0 Å². The van der Waals surface area contributed by atoms with Gasteiger partial charge in [-0.05, 0) is 31.5 Å². The summed E-state index contributed by atoms with van der Waals surface area (Å²) in [7, 11) is 0. The molecule has 4 heteroatoms. The molecule has 1 aliphatic rings. The van der Waals surface area contributed by atoms with E-state index in [0.717, 1.165) is 25.3 Å². The summed E-state index contributed by atoms with van der Waals surface area (Å²) in [6.07, 6.45) is 0.262. The van der Waals surface area contributed by atoms with Gasteiger partial charge in [0.1, 0.15) is 0 Å². The van der Waals surface area contributed by atoms with Gasteiger partial charge in [0.2, 0.25) is 0 Å². The van der Waals surface area contributed by atoms with Crippen LogP contribution in [0.1, 0.15) is 25.0 Å². The molecule has 0 saturated carbocycles. The lowest BCUT2D eigenvalue weighted by molar-refractivity contribution is -0.0526. The number of hydrogen-bond donors (Lipinski definition) is 0. The number of rotatable bonds is 2. The summed E-state index contributed by atoms with van der Waals surface area (Å²) in [4.78, 5) is 2.36. The van der Waals surface area contributed by atoms with Gasteiger partial charge in [-0.3, -0.25) is 4.90 Å². The standard InChI is InChI=1S/C14H17ClN2O/c1-10-9-18-11(2)7-17(10)8-13-4-3-12(6-16)5-14(13)15/h3-5,10-11H,7-9H2,1-2H3. The molecule has 1 aromatic rings. The van der Waals surface area contributed by atoms with Gasteiger partial charge in [-0.1, -0.05) is 17.7 Å². The van der Waals surface area contributed by atoms with Crippen molar-refractivity contribution in [1.82, 2.24) is 4.90 Å². The number of nitriles is 1. The fraction of sp³-hybridized carbons (Fsp3) is 0.500. The molecule has 1 fully saturated rings. The quantitative estimate of drug-likeness (QED) is 0.824. The predicted octanol–water partition coefficient (Wildman–Crippen LogP) is 2.82. The Kier molecular flexibility index (Phi) is 4.23. The molecule has 0 aromatic heterocycles. The highest BCUT2D eigenvalue weighted by Crippen LogP contribution is 2.22. The zero-order chi connectivity index (χ0) is 13.1. The van der Waals surface area contributed by atoms with Crippen molar-refractivity contribution in [2.45, 2.75) is 32.5 Å². The lowest BCUT2D eigenvalue weighted by Crippen LogP contribution is -2.46. The Morgan fingerprint density at radius 2 is 2.28 bits per heavy atom. The van der Waals surface area contributed by atoms with Gasteiger partial charge in [0.05, 0.1) is 24.3 Å². The largest absolute Gasteiger partial charge is 0.376 e. The first-order valence-corrected chi connectivity index (χ1v) is 6.52. The fourth-order valence-electron chi connectivity index (χ4n) is 2.16. The van der Waals surface area contributed by atoms with Gasteiger partial charge >= 0.3 is 0 Å². The van der Waals surface area contributed by atoms with Crippen LogP contribution < -0.4 is 0 Å². The molecule has 96 valence electrons. The number of ether oxygens (including phenoxy) is 1. The van der Waals surface area contributed by atoms with E-state index in [0.29, 0.717) is 16.6 Å². The van der Waals surface area contributed by atoms with Gasteiger partial charge in [-0.15, -0.1) is 0 Å². The molecule has 3 nitrogen and oxygen atoms in total. The first kappa shape index (κ1) is 13.4. The molecule has 2 atom stereocenters. The highest BCUT2D eigenvalue weighted by Gasteiger charge is 2.23. The lowest BCUT2D eigenvalue weighted by Gasteiger charge is -2.36. The Balaban J connectivity index is 2.11. The second-order valence-electron chi connectivity index (χ2n) is 4.84. The highest BCUT2D eigenvalue weighted by atomic mass is 35.5. The van der Waals surface area contributed by atoms with E-state index in [4.69, 9.17) is 21.6 Å². The number of halogens is 1. The van der Waals surface area contributed by atoms with Crippen LogP contribution in [0.2, 0.25) is 5.02 Å². The van der Waals surface area contributed by atoms with E-state index in [1.54, 1.807) is 6.07 Å². The van der Waals surface area contributed by atoms with Crippen molar-refractivity contribution in [3.8, 4) is 6.07 Å². The Bertz CT molecular complexity index is 469. The van der Waals surface area contributed by atoms with E-state index in [2.05, 4.69) is 24.8 Å². The van der Waals surface area contributed by atoms with Gasteiger partial charge in [-0.2, -0.15) is 5.26 Å². The molecule has 0 spiro atoms. The highest BCUT2D eigenvalue weighted by molar-refractivity contribution is 6.31. The Labute approximate surface area is 113 Å². The van der Waals surface area contributed by atoms with Gasteiger partial charge < -0.3 is 4.74 Å². The van der Waals surface area contributed by atoms with Gasteiger partial charge in [0, 0.05) is 24.2 Å². The Morgan fingerprint density at radius 1 is 1.50 bits per heavy atom. The Morgan fingerprint density at radius 3 is 2.94 bits per heavy atom. The number of nitrogens with zero attached hydrogens (tertiary/aromatic N) is 2. The average Bonchev–Trinajstić information content (AvgIpc) is 2.36. The molecule has 18 heavy (non-hydrogen) atoms. The first-order chi connectivity index (χ1) is 8.60. The van der Waals surface area contributed by atoms with Crippen molar-refractivity contribution in [3.05, 3.63) is 34.3 Å². The molecule has 0 bridgehead atoms. The van der Waals surface area contributed by atoms with Crippen molar-refractivity contribution < 1.29 is 4.74 Å². The van der Waals surface area contributed by atoms with E-state index in [1.165, 1.54) is 0 Å². The number of morpholine rings is 1. The molecule has 1 aromatic carbocycles. The van der Waals surface area contributed by atoms with Crippen LogP contribution in [0.15, 0.2) is 18.2 Å². The molecule has 0 amide bonds. The van der Waals surface area contributed by atoms with E-state index < -0.39 is 0 Å². The minimum atomic E-state index is 0.262. The van der Waals surface area contributed by atoms with Gasteiger partial charge in [0.15, 0.2) is 0 Å². The molecule has 0 radical (unpaired) electrons. The van der Waals surface area contributed by atoms with Crippen LogP contribution in [-0.4, -0.2) is 30.2 Å². The number of hydrogen-bond acceptors (Lipinski definition) is 3. The van der Waals surface area contributed by atoms with Crippen molar-refractivity contribution >= 4 is 11.6 Å². The summed E-state index contributed by atoms with van der Waals surface area (Å²) >= 11 is 6.20. The number of benzene rings is 1. The summed E-state index contributed by atoms with van der Waals surface area (Å²) in [6, 6.07) is 7.97. The Hall–Kier alpha value is -1.08. The van der Waals surface area contributed by atoms with Gasteiger partial charge in [-0.25, -0.2) is 0 Å². The molecule has 1 heterocycles. The van der Waals surface area contributed by atoms with Crippen LogP contribution in [-0.2, 0) is 11.3 Å². The third-order valence-electron chi connectivity index (χ3n) is 3.29. The van der Waals surface area contributed by atoms with Crippen molar-refractivity contribution in [1.29, 1.82) is 5.26 Å². The normalized spacial score (nSPS) is 24.8. The zero-order valence-electron chi connectivity index (χ0n) is 10.7. The second-order valence-corrected chi connectivity index (χ2v) is 5.25. The zero-order valence-corrected chi connectivity index (χ0v) is 11.4. The first-order valence-electron chi connectivity index (χ1n) is 6.14. The topological polar surface area (TPSA) is 36.3 Å². The monoisotopic (exact) mass is 264 g/mol. The summed E-state index contributed by atoms with van der Waals surface area (Å²) in [5.41, 5.74) is 1.67. The van der Waals surface area contributed by atoms with Crippen LogP contribution in [0.4, 0.5) is 0 Å². The van der Waals surface area contributed by atoms with E-state index in [-0.39, 0.29) is 6.10 Å². The summed E-state index contributed by atoms with van der Waals surface area (Å²) < 4.78 is 5.61. The maximum Gasteiger partial charge on any atom is 0.0992 e. The van der Waals surface area contributed by atoms with Gasteiger partial charge in [0.25, 0.3) is 0 Å². The smallest absolute Gasteiger partial charge is 0.0992 e. The van der Waals surface area contributed by atoms with Crippen molar-refractivity contribution in [2.24, 2.45) is 0 Å². The molecule has 2 unspecified atom stereocenters. The summed E-state index contributed by atoms with van der Waals surface area (Å²) in [5.74, 6) is 0. The van der Waals surface area contributed by atoms with E-state index in [1.807, 2.05) is 12.1 Å². The maximum absolute atomic E-state index is 8.82. The van der Waals surface area contributed by atoms with Crippen LogP contribution in [0, 0.1) is 11.3 Å². The van der Waals surface area contributed by atoms with E-state index >= 15 is 0 Å². The van der Waals surface area contributed by atoms with Crippen molar-refractivity contribution in [2.75, 3.05) is 13.2 Å². The molecule has 2 rings (SSSR count). The van der Waals surface area contributed by atoms with Crippen LogP contribution >= 0.6 is 11.6 Å². The lowest BCUT2D eigenvalue weighted by atomic mass is 10.1. The fourth-order valence-corrected chi connectivity index (χ4v) is 2.40. The second kappa shape index (κ2) is 5.71. The van der Waals surface area contributed by atoms with Crippen LogP contribution in [0.25, 0.3) is 0 Å². The molecule has 0 N–H and O–H groups in total. The third-order valence-corrected chi connectivity index (χ3v) is 3.64. The summed E-state index contributed by atoms with van der Waals surface area (Å²) in [6.45, 7) is 6.72. The average molecular weight is 265 g/mol. The molecule has 1 saturated heterocycles. The maximum atomic E-state index is 8.82.